The standard InChI is InChI=1S/C12H25NO2/c1-6-7-8-13(5)11(4)9-12(14)15-10(2)3/h10-11H,6-9H2,1-5H3. The molecule has 0 aromatic rings. The van der Waals surface area contributed by atoms with Gasteiger partial charge in [-0.3, -0.25) is 4.79 Å². The van der Waals surface area contributed by atoms with Crippen molar-refractivity contribution in [3.63, 3.8) is 0 Å². The van der Waals surface area contributed by atoms with Gasteiger partial charge in [0.15, 0.2) is 0 Å². The Kier molecular flexibility index (Phi) is 7.39. The highest BCUT2D eigenvalue weighted by atomic mass is 16.5. The molecule has 3 nitrogen and oxygen atoms in total. The third-order valence-electron chi connectivity index (χ3n) is 2.45. The van der Waals surface area contributed by atoms with Crippen LogP contribution in [-0.4, -0.2) is 36.6 Å². The summed E-state index contributed by atoms with van der Waals surface area (Å²) in [6, 6.07) is 0.266. The van der Waals surface area contributed by atoms with Crippen molar-refractivity contribution in [1.82, 2.24) is 4.90 Å². The van der Waals surface area contributed by atoms with Gasteiger partial charge in [-0.25, -0.2) is 0 Å². The SMILES string of the molecule is CCCCN(C)C(C)CC(=O)OC(C)C. The van der Waals surface area contributed by atoms with Crippen molar-refractivity contribution in [3.8, 4) is 0 Å². The number of nitrogens with zero attached hydrogens (tertiary/aromatic N) is 1. The van der Waals surface area contributed by atoms with Gasteiger partial charge in [0.25, 0.3) is 0 Å². The van der Waals surface area contributed by atoms with Crippen LogP contribution in [0.1, 0.15) is 47.0 Å². The van der Waals surface area contributed by atoms with Crippen molar-refractivity contribution < 1.29 is 9.53 Å². The van der Waals surface area contributed by atoms with Crippen LogP contribution in [0, 0.1) is 0 Å². The lowest BCUT2D eigenvalue weighted by molar-refractivity contribution is -0.148. The molecule has 0 fully saturated rings. The largest absolute Gasteiger partial charge is 0.463 e. The predicted molar refractivity (Wildman–Crippen MR) is 62.8 cm³/mol. The predicted octanol–water partition coefficient (Wildman–Crippen LogP) is 2.45. The first-order valence-corrected chi connectivity index (χ1v) is 5.87. The van der Waals surface area contributed by atoms with Crippen LogP contribution in [0.5, 0.6) is 0 Å². The van der Waals surface area contributed by atoms with E-state index in [0.717, 1.165) is 6.54 Å². The molecule has 1 unspecified atom stereocenters. The number of rotatable bonds is 7. The Morgan fingerprint density at radius 1 is 1.33 bits per heavy atom. The second kappa shape index (κ2) is 7.69. The fourth-order valence-corrected chi connectivity index (χ4v) is 1.34. The van der Waals surface area contributed by atoms with Gasteiger partial charge in [-0.2, -0.15) is 0 Å². The van der Waals surface area contributed by atoms with E-state index in [2.05, 4.69) is 25.8 Å². The summed E-state index contributed by atoms with van der Waals surface area (Å²) in [7, 11) is 2.06. The van der Waals surface area contributed by atoms with Crippen molar-refractivity contribution in [2.75, 3.05) is 13.6 Å². The Labute approximate surface area is 93.8 Å². The molecule has 15 heavy (non-hydrogen) atoms. The Balaban J connectivity index is 3.79. The molecule has 0 saturated heterocycles. The lowest BCUT2D eigenvalue weighted by Gasteiger charge is -2.24. The van der Waals surface area contributed by atoms with Gasteiger partial charge < -0.3 is 9.64 Å². The monoisotopic (exact) mass is 215 g/mol. The van der Waals surface area contributed by atoms with Crippen molar-refractivity contribution in [1.29, 1.82) is 0 Å². The van der Waals surface area contributed by atoms with Gasteiger partial charge in [0.1, 0.15) is 0 Å². The smallest absolute Gasteiger partial charge is 0.307 e. The van der Waals surface area contributed by atoms with Crippen LogP contribution in [0.3, 0.4) is 0 Å². The third kappa shape index (κ3) is 7.37. The molecule has 0 aliphatic heterocycles. The van der Waals surface area contributed by atoms with E-state index in [1.165, 1.54) is 12.8 Å². The molecule has 0 aliphatic rings. The number of hydrogen-bond acceptors (Lipinski definition) is 3. The first kappa shape index (κ1) is 14.4. The molecule has 0 spiro atoms. The summed E-state index contributed by atoms with van der Waals surface area (Å²) in [5.74, 6) is -0.0964. The van der Waals surface area contributed by atoms with Crippen molar-refractivity contribution in [2.24, 2.45) is 0 Å². The van der Waals surface area contributed by atoms with Crippen molar-refractivity contribution >= 4 is 5.97 Å². The van der Waals surface area contributed by atoms with Gasteiger partial charge in [0.05, 0.1) is 12.5 Å². The number of carbonyl (C=O) groups excluding carboxylic acids is 1. The van der Waals surface area contributed by atoms with E-state index in [1.54, 1.807) is 0 Å². The molecule has 3 heteroatoms. The highest BCUT2D eigenvalue weighted by Crippen LogP contribution is 2.05. The van der Waals surface area contributed by atoms with Crippen LogP contribution < -0.4 is 0 Å². The maximum atomic E-state index is 11.4. The van der Waals surface area contributed by atoms with E-state index in [1.807, 2.05) is 13.8 Å². The van der Waals surface area contributed by atoms with E-state index in [-0.39, 0.29) is 18.1 Å². The van der Waals surface area contributed by atoms with Crippen molar-refractivity contribution in [2.45, 2.75) is 59.1 Å². The van der Waals surface area contributed by atoms with E-state index < -0.39 is 0 Å². The zero-order valence-electron chi connectivity index (χ0n) is 10.7. The minimum Gasteiger partial charge on any atom is -0.463 e. The second-order valence-electron chi connectivity index (χ2n) is 4.43. The molecule has 0 radical (unpaired) electrons. The van der Waals surface area contributed by atoms with Crippen LogP contribution in [0.15, 0.2) is 0 Å². The van der Waals surface area contributed by atoms with Gasteiger partial charge in [-0.15, -0.1) is 0 Å². The Morgan fingerprint density at radius 3 is 2.40 bits per heavy atom. The molecular weight excluding hydrogens is 190 g/mol. The van der Waals surface area contributed by atoms with E-state index >= 15 is 0 Å². The molecule has 0 saturated carbocycles. The first-order chi connectivity index (χ1) is 6.97. The summed E-state index contributed by atoms with van der Waals surface area (Å²) in [4.78, 5) is 13.6. The molecule has 1 atom stereocenters. The third-order valence-corrected chi connectivity index (χ3v) is 2.45. The van der Waals surface area contributed by atoms with Crippen LogP contribution in [0.4, 0.5) is 0 Å². The normalized spacial score (nSPS) is 13.3. The van der Waals surface area contributed by atoms with E-state index in [4.69, 9.17) is 4.74 Å². The lowest BCUT2D eigenvalue weighted by Crippen LogP contribution is -2.32. The molecule has 0 heterocycles. The summed E-state index contributed by atoms with van der Waals surface area (Å²) in [6.45, 7) is 9.04. The minimum atomic E-state index is -0.0964. The lowest BCUT2D eigenvalue weighted by atomic mass is 10.2. The Hall–Kier alpha value is -0.570. The van der Waals surface area contributed by atoms with Crippen LogP contribution in [0.25, 0.3) is 0 Å². The molecule has 0 N–H and O–H groups in total. The average molecular weight is 215 g/mol. The maximum absolute atomic E-state index is 11.4. The fourth-order valence-electron chi connectivity index (χ4n) is 1.34. The molecule has 0 amide bonds. The van der Waals surface area contributed by atoms with E-state index in [9.17, 15) is 4.79 Å². The highest BCUT2D eigenvalue weighted by Gasteiger charge is 2.14. The van der Waals surface area contributed by atoms with Crippen LogP contribution in [-0.2, 0) is 9.53 Å². The van der Waals surface area contributed by atoms with Crippen LogP contribution >= 0.6 is 0 Å². The number of esters is 1. The first-order valence-electron chi connectivity index (χ1n) is 5.87. The average Bonchev–Trinajstić information content (AvgIpc) is 2.12. The number of hydrogen-bond donors (Lipinski definition) is 0. The van der Waals surface area contributed by atoms with Crippen molar-refractivity contribution in [3.05, 3.63) is 0 Å². The zero-order chi connectivity index (χ0) is 11.8. The summed E-state index contributed by atoms with van der Waals surface area (Å²) in [6.07, 6.45) is 2.84. The Morgan fingerprint density at radius 2 is 1.93 bits per heavy atom. The van der Waals surface area contributed by atoms with Gasteiger partial charge in [-0.05, 0) is 40.8 Å². The van der Waals surface area contributed by atoms with Gasteiger partial charge in [-0.1, -0.05) is 13.3 Å². The number of ether oxygens (including phenoxy) is 1. The maximum Gasteiger partial charge on any atom is 0.307 e. The molecule has 90 valence electrons. The Bertz CT molecular complexity index is 180. The van der Waals surface area contributed by atoms with E-state index in [0.29, 0.717) is 6.42 Å². The minimum absolute atomic E-state index is 0.00866. The molecule has 0 rings (SSSR count). The quantitative estimate of drug-likeness (QED) is 0.611. The summed E-state index contributed by atoms with van der Waals surface area (Å²) < 4.78 is 5.11. The molecule has 0 aliphatic carbocycles. The van der Waals surface area contributed by atoms with Crippen LogP contribution in [0.2, 0.25) is 0 Å². The number of carbonyl (C=O) groups is 1. The topological polar surface area (TPSA) is 29.5 Å². The molecular formula is C12H25NO2. The molecule has 0 aromatic heterocycles. The molecule has 0 aromatic carbocycles. The summed E-state index contributed by atoms with van der Waals surface area (Å²) in [5.41, 5.74) is 0. The van der Waals surface area contributed by atoms with Gasteiger partial charge in [0.2, 0.25) is 0 Å². The highest BCUT2D eigenvalue weighted by molar-refractivity contribution is 5.70. The summed E-state index contributed by atoms with van der Waals surface area (Å²) in [5, 5.41) is 0. The van der Waals surface area contributed by atoms with Gasteiger partial charge >= 0.3 is 5.97 Å². The zero-order valence-corrected chi connectivity index (χ0v) is 10.7. The second-order valence-corrected chi connectivity index (χ2v) is 4.43. The summed E-state index contributed by atoms with van der Waals surface area (Å²) >= 11 is 0. The number of unbranched alkanes of at least 4 members (excludes halogenated alkanes) is 1. The fraction of sp³-hybridized carbons (Fsp3) is 0.917. The van der Waals surface area contributed by atoms with Gasteiger partial charge in [0, 0.05) is 6.04 Å². The molecule has 0 bridgehead atoms.